The van der Waals surface area contributed by atoms with Gasteiger partial charge in [-0.05, 0) is 110 Å². The summed E-state index contributed by atoms with van der Waals surface area (Å²) in [6.45, 7) is 7.20. The van der Waals surface area contributed by atoms with E-state index < -0.39 is 31.4 Å². The van der Waals surface area contributed by atoms with E-state index in [0.29, 0.717) is 61.2 Å². The third-order valence-corrected chi connectivity index (χ3v) is 16.6. The van der Waals surface area contributed by atoms with Gasteiger partial charge >= 0.3 is 0 Å². The van der Waals surface area contributed by atoms with Crippen LogP contribution in [0.5, 0.6) is 11.6 Å². The lowest BCUT2D eigenvalue weighted by molar-refractivity contribution is -0.384. The Balaban J connectivity index is 0.872. The molecule has 2 N–H and O–H groups in total. The Kier molecular flexibility index (Phi) is 12.0. The standard InChI is InChI=1S/C50H55ClN8O8S/c51-37-4-2-34(3-5-37)41-30-50(12-1-13-50)14-8-36(41)32-55-16-18-56(19-17-55)38-6-7-40(42(27-38)58-21-25-67-49-44(58)26-35-9-15-52-47(35)53-49)48(60)54-68(63,64)39-28-43(59(61)62)46-45(29-39)66-24-20-57(46)31-33-10-22-65-23-11-33/h2-7,9,15,26-29,33H,1,8,10-14,16-25,30-32H2,(H,52,53)(H,54,60). The van der Waals surface area contributed by atoms with Crippen molar-refractivity contribution in [1.82, 2.24) is 19.6 Å². The Hall–Kier alpha value is -5.88. The van der Waals surface area contributed by atoms with Crippen molar-refractivity contribution in [3.05, 3.63) is 105 Å². The van der Waals surface area contributed by atoms with Crippen LogP contribution in [0.2, 0.25) is 5.02 Å². The summed E-state index contributed by atoms with van der Waals surface area (Å²) in [4.78, 5) is 42.6. The van der Waals surface area contributed by atoms with Gasteiger partial charge in [0.15, 0.2) is 11.4 Å². The molecule has 2 aliphatic carbocycles. The molecular formula is C50H55ClN8O8S. The second-order valence-electron chi connectivity index (χ2n) is 19.1. The zero-order valence-electron chi connectivity index (χ0n) is 37.9. The van der Waals surface area contributed by atoms with Crippen molar-refractivity contribution in [2.75, 3.05) is 93.5 Å². The van der Waals surface area contributed by atoms with Crippen LogP contribution in [-0.4, -0.2) is 113 Å². The normalized spacial score (nSPS) is 19.8. The van der Waals surface area contributed by atoms with Gasteiger partial charge in [-0.1, -0.05) is 35.7 Å². The largest absolute Gasteiger partial charge is 0.489 e. The van der Waals surface area contributed by atoms with Crippen LogP contribution in [-0.2, 0) is 14.8 Å². The molecule has 0 bridgehead atoms. The van der Waals surface area contributed by atoms with E-state index in [1.807, 2.05) is 46.2 Å². The van der Waals surface area contributed by atoms with E-state index in [4.69, 9.17) is 30.8 Å². The van der Waals surface area contributed by atoms with Crippen molar-refractivity contribution in [3.63, 3.8) is 0 Å². The lowest BCUT2D eigenvalue weighted by atomic mass is 9.59. The number of ether oxygens (including phenoxy) is 3. The van der Waals surface area contributed by atoms with Crippen LogP contribution in [0.15, 0.2) is 83.4 Å². The molecule has 1 amide bonds. The summed E-state index contributed by atoms with van der Waals surface area (Å²) in [7, 11) is -4.65. The number of aromatic nitrogens is 2. The Morgan fingerprint density at radius 1 is 0.912 bits per heavy atom. The smallest absolute Gasteiger partial charge is 0.297 e. The molecule has 1 saturated carbocycles. The van der Waals surface area contributed by atoms with Crippen LogP contribution in [0.3, 0.4) is 0 Å². The quantitative estimate of drug-likeness (QED) is 0.0956. The number of sulfonamides is 1. The summed E-state index contributed by atoms with van der Waals surface area (Å²) in [6.07, 6.45) is 10.9. The number of anilines is 4. The van der Waals surface area contributed by atoms with Crippen molar-refractivity contribution in [2.45, 2.75) is 56.3 Å². The van der Waals surface area contributed by atoms with E-state index in [1.165, 1.54) is 48.5 Å². The molecule has 5 aromatic rings. The molecule has 16 nitrogen and oxygen atoms in total. The molecule has 6 aliphatic rings. The SMILES string of the molecule is O=C(NS(=O)(=O)c1cc2c(c([N+](=O)[O-])c1)N(CC1CCOCC1)CCO2)c1ccc(N2CCN(CC3=C(c4ccc(Cl)cc4)CC4(CCC4)CC3)CC2)cc1N1CCOc2nc3[nH]ccc3cc21. The summed E-state index contributed by atoms with van der Waals surface area (Å²) < 4.78 is 48.1. The number of carbonyl (C=O) groups is 1. The topological polar surface area (TPSA) is 176 Å². The number of piperazine rings is 1. The second kappa shape index (κ2) is 18.2. The van der Waals surface area contributed by atoms with Gasteiger partial charge in [0, 0.05) is 86.9 Å². The number of halogens is 1. The van der Waals surface area contributed by atoms with Crippen LogP contribution in [0.1, 0.15) is 67.3 Å². The van der Waals surface area contributed by atoms with Gasteiger partial charge in [0.05, 0.1) is 34.2 Å². The predicted octanol–water partition coefficient (Wildman–Crippen LogP) is 8.33. The Bertz CT molecular complexity index is 2910. The van der Waals surface area contributed by atoms with Gasteiger partial charge in [0.2, 0.25) is 5.88 Å². The lowest BCUT2D eigenvalue weighted by Crippen LogP contribution is -2.47. The van der Waals surface area contributed by atoms with Gasteiger partial charge in [-0.25, -0.2) is 13.1 Å². The Morgan fingerprint density at radius 3 is 2.47 bits per heavy atom. The van der Waals surface area contributed by atoms with E-state index in [2.05, 4.69) is 31.6 Å². The first kappa shape index (κ1) is 44.6. The van der Waals surface area contributed by atoms with Crippen molar-refractivity contribution in [3.8, 4) is 11.6 Å². The van der Waals surface area contributed by atoms with Crippen molar-refractivity contribution in [1.29, 1.82) is 0 Å². The van der Waals surface area contributed by atoms with E-state index in [1.54, 1.807) is 12.3 Å². The van der Waals surface area contributed by atoms with Gasteiger partial charge < -0.3 is 33.9 Å². The van der Waals surface area contributed by atoms with Crippen molar-refractivity contribution < 1.29 is 32.3 Å². The number of H-pyrrole nitrogens is 1. The first-order chi connectivity index (χ1) is 33.0. The highest BCUT2D eigenvalue weighted by Crippen LogP contribution is 2.55. The van der Waals surface area contributed by atoms with Crippen LogP contribution in [0, 0.1) is 21.4 Å². The fraction of sp³-hybridized carbons (Fsp3) is 0.440. The number of pyridine rings is 1. The van der Waals surface area contributed by atoms with Crippen LogP contribution in [0.25, 0.3) is 16.6 Å². The maximum Gasteiger partial charge on any atom is 0.297 e. The molecular weight excluding hydrogens is 908 g/mol. The number of amides is 1. The molecule has 3 fully saturated rings. The number of hydrogen-bond donors (Lipinski definition) is 2. The molecule has 2 aromatic heterocycles. The lowest BCUT2D eigenvalue weighted by Gasteiger charge is -2.47. The first-order valence-electron chi connectivity index (χ1n) is 23.8. The maximum absolute atomic E-state index is 14.5. The zero-order chi connectivity index (χ0) is 46.6. The maximum atomic E-state index is 14.5. The number of fused-ring (bicyclic) bond motifs is 3. The first-order valence-corrected chi connectivity index (χ1v) is 25.7. The molecule has 3 aromatic carbocycles. The van der Waals surface area contributed by atoms with E-state index in [9.17, 15) is 23.3 Å². The summed E-state index contributed by atoms with van der Waals surface area (Å²) in [5.74, 6) is -0.148. The third kappa shape index (κ3) is 8.73. The molecule has 0 atom stereocenters. The highest BCUT2D eigenvalue weighted by atomic mass is 35.5. The monoisotopic (exact) mass is 962 g/mol. The molecule has 11 rings (SSSR count). The molecule has 18 heteroatoms. The van der Waals surface area contributed by atoms with Crippen LogP contribution < -0.4 is 28.9 Å². The number of benzene rings is 3. The van der Waals surface area contributed by atoms with Gasteiger partial charge in [-0.2, -0.15) is 4.98 Å². The van der Waals surface area contributed by atoms with Gasteiger partial charge in [0.1, 0.15) is 24.5 Å². The molecule has 2 saturated heterocycles. The van der Waals surface area contributed by atoms with E-state index in [0.717, 1.165) is 80.6 Å². The summed E-state index contributed by atoms with van der Waals surface area (Å²) in [6, 6.07) is 19.9. The number of hydrogen-bond acceptors (Lipinski definition) is 13. The summed E-state index contributed by atoms with van der Waals surface area (Å²) >= 11 is 6.31. The van der Waals surface area contributed by atoms with Crippen LogP contribution >= 0.6 is 11.6 Å². The van der Waals surface area contributed by atoms with Crippen molar-refractivity contribution in [2.24, 2.45) is 11.3 Å². The molecule has 68 heavy (non-hydrogen) atoms. The fourth-order valence-electron chi connectivity index (χ4n) is 11.1. The Labute approximate surface area is 400 Å². The highest BCUT2D eigenvalue weighted by Gasteiger charge is 2.41. The number of nitrogens with one attached hydrogen (secondary N) is 2. The predicted molar refractivity (Wildman–Crippen MR) is 261 cm³/mol. The van der Waals surface area contributed by atoms with E-state index in [-0.39, 0.29) is 36.1 Å². The number of nitro groups is 1. The van der Waals surface area contributed by atoms with Crippen LogP contribution in [0.4, 0.5) is 28.4 Å². The number of rotatable bonds is 11. The minimum Gasteiger partial charge on any atom is -0.489 e. The van der Waals surface area contributed by atoms with E-state index >= 15 is 0 Å². The average molecular weight is 964 g/mol. The number of aromatic amines is 1. The van der Waals surface area contributed by atoms with Crippen molar-refractivity contribution >= 4 is 72.6 Å². The van der Waals surface area contributed by atoms with Gasteiger partial charge in [-0.15, -0.1) is 0 Å². The summed E-state index contributed by atoms with van der Waals surface area (Å²) in [5, 5.41) is 14.2. The molecule has 0 unspecified atom stereocenters. The molecule has 0 radical (unpaired) electrons. The van der Waals surface area contributed by atoms with Gasteiger partial charge in [0.25, 0.3) is 21.6 Å². The number of nitro benzene ring substituents is 1. The third-order valence-electron chi connectivity index (χ3n) is 15.1. The Morgan fingerprint density at radius 2 is 1.71 bits per heavy atom. The van der Waals surface area contributed by atoms with Gasteiger partial charge in [-0.3, -0.25) is 19.8 Å². The average Bonchev–Trinajstić information content (AvgIpc) is 3.80. The minimum atomic E-state index is -4.65. The molecule has 6 heterocycles. The molecule has 1 spiro atoms. The summed E-state index contributed by atoms with van der Waals surface area (Å²) in [5.41, 5.74) is 7.33. The number of carbonyl (C=O) groups excluding carboxylic acids is 1. The highest BCUT2D eigenvalue weighted by molar-refractivity contribution is 7.90. The molecule has 4 aliphatic heterocycles. The fourth-order valence-corrected chi connectivity index (χ4v) is 12.3. The number of allylic oxidation sites excluding steroid dienone is 1. The zero-order valence-corrected chi connectivity index (χ0v) is 39.5. The minimum absolute atomic E-state index is 0.0866. The second-order valence-corrected chi connectivity index (χ2v) is 21.3. The number of nitrogens with zero attached hydrogens (tertiary/aromatic N) is 6. The molecule has 356 valence electrons.